The van der Waals surface area contributed by atoms with Crippen LogP contribution < -0.4 is 5.73 Å². The quantitative estimate of drug-likeness (QED) is 0.848. The van der Waals surface area contributed by atoms with Gasteiger partial charge in [0.25, 0.3) is 0 Å². The van der Waals surface area contributed by atoms with Crippen LogP contribution in [0.2, 0.25) is 0 Å². The lowest BCUT2D eigenvalue weighted by atomic mass is 9.92. The Morgan fingerprint density at radius 2 is 2.11 bits per heavy atom. The number of aliphatic hydroxyl groups excluding tert-OH is 1. The molecule has 0 unspecified atom stereocenters. The standard InChI is InChI=1S/C15H22N2O2/c1-11-4-6-12(7-5-11)9-13-14(18)3-2-8-17(13)15(19)10-16/h4-7,13-14,18H,2-3,8-10,16H2,1H3/t13-,14-/m0/s1. The third kappa shape index (κ3) is 3.33. The number of carbonyl (C=O) groups is 1. The molecule has 1 saturated heterocycles. The van der Waals surface area contributed by atoms with Crippen LogP contribution in [0.5, 0.6) is 0 Å². The van der Waals surface area contributed by atoms with Gasteiger partial charge < -0.3 is 15.7 Å². The minimum absolute atomic E-state index is 0.0110. The van der Waals surface area contributed by atoms with Gasteiger partial charge in [-0.3, -0.25) is 4.79 Å². The topological polar surface area (TPSA) is 66.6 Å². The van der Waals surface area contributed by atoms with E-state index in [0.717, 1.165) is 18.4 Å². The fourth-order valence-electron chi connectivity index (χ4n) is 2.68. The van der Waals surface area contributed by atoms with Gasteiger partial charge in [-0.05, 0) is 31.7 Å². The Labute approximate surface area is 114 Å². The SMILES string of the molecule is Cc1ccc(C[C@H]2[C@@H](O)CCCN2C(=O)CN)cc1. The average molecular weight is 262 g/mol. The summed E-state index contributed by atoms with van der Waals surface area (Å²) in [5, 5.41) is 10.2. The Hall–Kier alpha value is -1.39. The molecule has 0 bridgehead atoms. The molecule has 1 amide bonds. The molecule has 1 aliphatic heterocycles. The number of carbonyl (C=O) groups excluding carboxylic acids is 1. The molecule has 1 fully saturated rings. The normalized spacial score (nSPS) is 23.4. The van der Waals surface area contributed by atoms with Crippen LogP contribution in [0.25, 0.3) is 0 Å². The summed E-state index contributed by atoms with van der Waals surface area (Å²) in [4.78, 5) is 13.6. The third-order valence-corrected chi connectivity index (χ3v) is 3.80. The lowest BCUT2D eigenvalue weighted by Gasteiger charge is -2.39. The fourth-order valence-corrected chi connectivity index (χ4v) is 2.68. The molecule has 1 aromatic rings. The predicted octanol–water partition coefficient (Wildman–Crippen LogP) is 0.848. The van der Waals surface area contributed by atoms with Crippen LogP contribution in [0.1, 0.15) is 24.0 Å². The summed E-state index contributed by atoms with van der Waals surface area (Å²) in [5.74, 6) is -0.0733. The molecule has 1 heterocycles. The Kier molecular flexibility index (Phi) is 4.56. The molecule has 2 atom stereocenters. The van der Waals surface area contributed by atoms with E-state index < -0.39 is 6.10 Å². The van der Waals surface area contributed by atoms with E-state index in [1.54, 1.807) is 4.90 Å². The third-order valence-electron chi connectivity index (χ3n) is 3.80. The van der Waals surface area contributed by atoms with Gasteiger partial charge in [0.2, 0.25) is 5.91 Å². The number of nitrogens with zero attached hydrogens (tertiary/aromatic N) is 1. The summed E-state index contributed by atoms with van der Waals surface area (Å²) in [7, 11) is 0. The van der Waals surface area contributed by atoms with Gasteiger partial charge in [-0.1, -0.05) is 29.8 Å². The number of hydrogen-bond acceptors (Lipinski definition) is 3. The van der Waals surface area contributed by atoms with Gasteiger partial charge in [0.1, 0.15) is 0 Å². The van der Waals surface area contributed by atoms with Gasteiger partial charge in [-0.25, -0.2) is 0 Å². The molecule has 104 valence electrons. The summed E-state index contributed by atoms with van der Waals surface area (Å²) in [6.07, 6.45) is 1.83. The Balaban J connectivity index is 2.13. The van der Waals surface area contributed by atoms with Crippen molar-refractivity contribution in [1.82, 2.24) is 4.90 Å². The van der Waals surface area contributed by atoms with Crippen molar-refractivity contribution in [1.29, 1.82) is 0 Å². The zero-order chi connectivity index (χ0) is 13.8. The molecule has 19 heavy (non-hydrogen) atoms. The second-order valence-electron chi connectivity index (χ2n) is 5.26. The van der Waals surface area contributed by atoms with Crippen molar-refractivity contribution in [2.45, 2.75) is 38.3 Å². The van der Waals surface area contributed by atoms with E-state index in [1.165, 1.54) is 5.56 Å². The van der Waals surface area contributed by atoms with Gasteiger partial charge in [-0.15, -0.1) is 0 Å². The van der Waals surface area contributed by atoms with E-state index in [9.17, 15) is 9.90 Å². The van der Waals surface area contributed by atoms with Crippen molar-refractivity contribution in [3.05, 3.63) is 35.4 Å². The number of aliphatic hydroxyl groups is 1. The molecule has 2 rings (SSSR count). The highest BCUT2D eigenvalue weighted by atomic mass is 16.3. The monoisotopic (exact) mass is 262 g/mol. The predicted molar refractivity (Wildman–Crippen MR) is 74.7 cm³/mol. The first kappa shape index (κ1) is 14.0. The maximum Gasteiger partial charge on any atom is 0.236 e. The number of likely N-dealkylation sites (tertiary alicyclic amines) is 1. The van der Waals surface area contributed by atoms with E-state index in [4.69, 9.17) is 5.73 Å². The lowest BCUT2D eigenvalue weighted by molar-refractivity contribution is -0.137. The molecule has 0 aromatic heterocycles. The van der Waals surface area contributed by atoms with Crippen LogP contribution in [0.4, 0.5) is 0 Å². The lowest BCUT2D eigenvalue weighted by Crippen LogP contribution is -2.53. The first-order chi connectivity index (χ1) is 9.11. The molecule has 1 aromatic carbocycles. The van der Waals surface area contributed by atoms with E-state index in [2.05, 4.69) is 24.3 Å². The molecule has 4 nitrogen and oxygen atoms in total. The molecule has 3 N–H and O–H groups in total. The highest BCUT2D eigenvalue weighted by Crippen LogP contribution is 2.21. The zero-order valence-corrected chi connectivity index (χ0v) is 11.4. The van der Waals surface area contributed by atoms with Crippen molar-refractivity contribution >= 4 is 5.91 Å². The Bertz CT molecular complexity index is 430. The number of nitrogens with two attached hydrogens (primary N) is 1. The minimum atomic E-state index is -0.453. The summed E-state index contributed by atoms with van der Waals surface area (Å²) in [6, 6.07) is 8.08. The molecule has 0 saturated carbocycles. The van der Waals surface area contributed by atoms with Crippen LogP contribution in [-0.4, -0.2) is 41.1 Å². The van der Waals surface area contributed by atoms with Crippen molar-refractivity contribution in [2.24, 2.45) is 5.73 Å². The van der Waals surface area contributed by atoms with E-state index >= 15 is 0 Å². The fraction of sp³-hybridized carbons (Fsp3) is 0.533. The van der Waals surface area contributed by atoms with Crippen LogP contribution in [0, 0.1) is 6.92 Å². The van der Waals surface area contributed by atoms with Gasteiger partial charge >= 0.3 is 0 Å². The van der Waals surface area contributed by atoms with Crippen molar-refractivity contribution in [3.63, 3.8) is 0 Å². The molecule has 1 aliphatic rings. The Morgan fingerprint density at radius 1 is 1.42 bits per heavy atom. The van der Waals surface area contributed by atoms with Crippen LogP contribution in [0.15, 0.2) is 24.3 Å². The molecular weight excluding hydrogens is 240 g/mol. The van der Waals surface area contributed by atoms with Crippen LogP contribution in [-0.2, 0) is 11.2 Å². The summed E-state index contributed by atoms with van der Waals surface area (Å²) in [6.45, 7) is 2.75. The summed E-state index contributed by atoms with van der Waals surface area (Å²) >= 11 is 0. The van der Waals surface area contributed by atoms with Crippen LogP contribution in [0.3, 0.4) is 0 Å². The first-order valence-electron chi connectivity index (χ1n) is 6.85. The number of rotatable bonds is 3. The van der Waals surface area contributed by atoms with Crippen LogP contribution >= 0.6 is 0 Å². The molecule has 0 spiro atoms. The maximum absolute atomic E-state index is 11.9. The van der Waals surface area contributed by atoms with E-state index in [-0.39, 0.29) is 18.5 Å². The van der Waals surface area contributed by atoms with Crippen molar-refractivity contribution < 1.29 is 9.90 Å². The van der Waals surface area contributed by atoms with Crippen molar-refractivity contribution in [2.75, 3.05) is 13.1 Å². The van der Waals surface area contributed by atoms with Gasteiger partial charge in [0.15, 0.2) is 0 Å². The van der Waals surface area contributed by atoms with Gasteiger partial charge in [0.05, 0.1) is 18.7 Å². The van der Waals surface area contributed by atoms with Gasteiger partial charge in [0, 0.05) is 6.54 Å². The highest BCUT2D eigenvalue weighted by Gasteiger charge is 2.32. The van der Waals surface area contributed by atoms with Crippen molar-refractivity contribution in [3.8, 4) is 0 Å². The van der Waals surface area contributed by atoms with E-state index in [1.807, 2.05) is 6.92 Å². The first-order valence-corrected chi connectivity index (χ1v) is 6.85. The van der Waals surface area contributed by atoms with Gasteiger partial charge in [-0.2, -0.15) is 0 Å². The number of piperidine rings is 1. The number of hydrogen-bond donors (Lipinski definition) is 2. The second-order valence-corrected chi connectivity index (χ2v) is 5.26. The second kappa shape index (κ2) is 6.17. The summed E-state index contributed by atoms with van der Waals surface area (Å²) in [5.41, 5.74) is 7.81. The maximum atomic E-state index is 11.9. The number of amides is 1. The molecule has 0 aliphatic carbocycles. The Morgan fingerprint density at radius 3 is 2.74 bits per heavy atom. The average Bonchev–Trinajstić information content (AvgIpc) is 2.42. The molecular formula is C15H22N2O2. The summed E-state index contributed by atoms with van der Waals surface area (Å²) < 4.78 is 0. The molecule has 0 radical (unpaired) electrons. The smallest absolute Gasteiger partial charge is 0.236 e. The number of aryl methyl sites for hydroxylation is 1. The minimum Gasteiger partial charge on any atom is -0.391 e. The zero-order valence-electron chi connectivity index (χ0n) is 11.4. The number of benzene rings is 1. The molecule has 4 heteroatoms. The largest absolute Gasteiger partial charge is 0.391 e. The van der Waals surface area contributed by atoms with E-state index in [0.29, 0.717) is 13.0 Å². The highest BCUT2D eigenvalue weighted by molar-refractivity contribution is 5.78.